The highest BCUT2D eigenvalue weighted by atomic mass is 19.1. The first kappa shape index (κ1) is 19.7. The smallest absolute Gasteiger partial charge is 0.225 e. The third kappa shape index (κ3) is 4.14. The number of piperidine rings is 1. The van der Waals surface area contributed by atoms with Crippen molar-refractivity contribution in [3.05, 3.63) is 42.2 Å². The van der Waals surface area contributed by atoms with Gasteiger partial charge in [-0.25, -0.2) is 4.39 Å². The van der Waals surface area contributed by atoms with E-state index >= 15 is 0 Å². The first-order valence-electron chi connectivity index (χ1n) is 10.8. The first-order chi connectivity index (χ1) is 15.2. The van der Waals surface area contributed by atoms with Gasteiger partial charge in [0.25, 0.3) is 0 Å². The van der Waals surface area contributed by atoms with Gasteiger partial charge >= 0.3 is 0 Å². The maximum atomic E-state index is 13.2. The van der Waals surface area contributed by atoms with Crippen LogP contribution in [0.15, 0.2) is 36.4 Å². The molecule has 5 rings (SSSR count). The molecule has 2 saturated heterocycles. The van der Waals surface area contributed by atoms with Crippen LogP contribution in [0.1, 0.15) is 19.3 Å². The number of anilines is 2. The summed E-state index contributed by atoms with van der Waals surface area (Å²) in [6, 6.07) is 10.4. The Balaban J connectivity index is 1.17. The number of fused-ring (bicyclic) bond motifs is 1. The van der Waals surface area contributed by atoms with E-state index in [1.807, 2.05) is 29.2 Å². The van der Waals surface area contributed by atoms with E-state index in [0.717, 1.165) is 63.5 Å². The van der Waals surface area contributed by atoms with Gasteiger partial charge in [0, 0.05) is 50.9 Å². The third-order valence-corrected chi connectivity index (χ3v) is 6.22. The number of tetrazole rings is 1. The summed E-state index contributed by atoms with van der Waals surface area (Å²) in [4.78, 5) is 19.6. The highest BCUT2D eigenvalue weighted by Gasteiger charge is 2.30. The van der Waals surface area contributed by atoms with E-state index in [4.69, 9.17) is 0 Å². The van der Waals surface area contributed by atoms with Gasteiger partial charge in [0.15, 0.2) is 11.5 Å². The molecule has 31 heavy (non-hydrogen) atoms. The van der Waals surface area contributed by atoms with Gasteiger partial charge in [-0.05, 0) is 66.1 Å². The number of rotatable bonds is 3. The zero-order valence-electron chi connectivity index (χ0n) is 17.3. The van der Waals surface area contributed by atoms with Crippen LogP contribution in [0.2, 0.25) is 0 Å². The molecule has 0 saturated carbocycles. The largest absolute Gasteiger partial charge is 0.370 e. The number of carbonyl (C=O) groups is 1. The molecule has 162 valence electrons. The number of hydrogen-bond acceptors (Lipinski definition) is 7. The van der Waals surface area contributed by atoms with Crippen molar-refractivity contribution in [1.29, 1.82) is 0 Å². The van der Waals surface area contributed by atoms with Crippen LogP contribution in [0.4, 0.5) is 15.9 Å². The van der Waals surface area contributed by atoms with Crippen molar-refractivity contribution in [2.45, 2.75) is 19.3 Å². The Labute approximate surface area is 179 Å². The van der Waals surface area contributed by atoms with Gasteiger partial charge in [0.1, 0.15) is 5.82 Å². The summed E-state index contributed by atoms with van der Waals surface area (Å²) in [5, 5.41) is 15.8. The molecule has 0 radical (unpaired) electrons. The van der Waals surface area contributed by atoms with E-state index in [0.29, 0.717) is 12.2 Å². The van der Waals surface area contributed by atoms with Gasteiger partial charge in [-0.3, -0.25) is 4.79 Å². The molecular weight excluding hydrogens is 399 g/mol. The van der Waals surface area contributed by atoms with Crippen molar-refractivity contribution in [3.63, 3.8) is 0 Å². The summed E-state index contributed by atoms with van der Waals surface area (Å²) in [6.07, 6.45) is 2.54. The maximum Gasteiger partial charge on any atom is 0.225 e. The Morgan fingerprint density at radius 3 is 2.52 bits per heavy atom. The number of amides is 1. The summed E-state index contributed by atoms with van der Waals surface area (Å²) in [5.74, 6) is 0.903. The molecule has 2 aliphatic heterocycles. The normalized spacial score (nSPS) is 18.4. The highest BCUT2D eigenvalue weighted by molar-refractivity contribution is 5.79. The molecule has 0 bridgehead atoms. The van der Waals surface area contributed by atoms with Gasteiger partial charge in [-0.2, -0.15) is 0 Å². The topological polar surface area (TPSA) is 82.8 Å². The second-order valence-corrected chi connectivity index (χ2v) is 8.12. The quantitative estimate of drug-likeness (QED) is 0.632. The van der Waals surface area contributed by atoms with Crippen molar-refractivity contribution in [2.75, 3.05) is 49.1 Å². The zero-order valence-corrected chi connectivity index (χ0v) is 17.3. The lowest BCUT2D eigenvalue weighted by Gasteiger charge is -2.34. The molecule has 10 heteroatoms. The average Bonchev–Trinajstić information content (AvgIpc) is 3.14. The van der Waals surface area contributed by atoms with Gasteiger partial charge < -0.3 is 14.7 Å². The van der Waals surface area contributed by atoms with Crippen molar-refractivity contribution < 1.29 is 9.18 Å². The Hall–Kier alpha value is -3.30. The summed E-state index contributed by atoms with van der Waals surface area (Å²) in [7, 11) is 0. The van der Waals surface area contributed by atoms with Gasteiger partial charge in [-0.15, -0.1) is 14.8 Å². The van der Waals surface area contributed by atoms with Crippen LogP contribution in [-0.2, 0) is 4.79 Å². The van der Waals surface area contributed by atoms with E-state index in [2.05, 4.69) is 30.4 Å². The van der Waals surface area contributed by atoms with E-state index < -0.39 is 0 Å². The summed E-state index contributed by atoms with van der Waals surface area (Å²) >= 11 is 0. The lowest BCUT2D eigenvalue weighted by atomic mass is 9.95. The molecule has 0 unspecified atom stereocenters. The minimum absolute atomic E-state index is 0.0467. The van der Waals surface area contributed by atoms with Crippen molar-refractivity contribution in [2.24, 2.45) is 5.92 Å². The number of carbonyl (C=O) groups excluding carboxylic acids is 1. The number of halogens is 1. The second-order valence-electron chi connectivity index (χ2n) is 8.12. The minimum atomic E-state index is -0.227. The van der Waals surface area contributed by atoms with Crippen LogP contribution in [0, 0.1) is 11.7 Å². The van der Waals surface area contributed by atoms with Crippen molar-refractivity contribution >= 4 is 23.1 Å². The Kier molecular flexibility index (Phi) is 5.35. The van der Waals surface area contributed by atoms with Gasteiger partial charge in [0.05, 0.1) is 0 Å². The molecule has 0 aliphatic carbocycles. The van der Waals surface area contributed by atoms with Crippen LogP contribution in [0.3, 0.4) is 0 Å². The molecule has 0 N–H and O–H groups in total. The lowest BCUT2D eigenvalue weighted by Crippen LogP contribution is -2.44. The van der Waals surface area contributed by atoms with Crippen LogP contribution in [-0.4, -0.2) is 75.3 Å². The van der Waals surface area contributed by atoms with E-state index in [9.17, 15) is 9.18 Å². The molecule has 0 atom stereocenters. The van der Waals surface area contributed by atoms with E-state index in [-0.39, 0.29) is 17.6 Å². The number of nitrogens with zero attached hydrogens (tertiary/aromatic N) is 8. The minimum Gasteiger partial charge on any atom is -0.370 e. The molecule has 4 heterocycles. The van der Waals surface area contributed by atoms with Crippen molar-refractivity contribution in [3.8, 4) is 0 Å². The SMILES string of the molecule is O=C(C1CCN(c2ccc3nnnn3n2)CC1)N1CCCN(c2ccc(F)cc2)CC1. The Morgan fingerprint density at radius 1 is 0.903 bits per heavy atom. The number of hydrogen-bond donors (Lipinski definition) is 0. The van der Waals surface area contributed by atoms with Gasteiger partial charge in [-0.1, -0.05) is 0 Å². The van der Waals surface area contributed by atoms with Crippen LogP contribution in [0.25, 0.3) is 5.65 Å². The summed E-state index contributed by atoms with van der Waals surface area (Å²) in [6.45, 7) is 4.69. The van der Waals surface area contributed by atoms with Crippen LogP contribution < -0.4 is 9.80 Å². The fourth-order valence-electron chi connectivity index (χ4n) is 4.47. The lowest BCUT2D eigenvalue weighted by molar-refractivity contribution is -0.135. The molecule has 9 nitrogen and oxygen atoms in total. The van der Waals surface area contributed by atoms with Crippen LogP contribution >= 0.6 is 0 Å². The standard InChI is InChI=1S/C21H25FN8O/c22-17-2-4-18(5-3-17)27-10-1-11-29(15-14-27)21(31)16-8-12-28(13-9-16)20-7-6-19-23-25-26-30(19)24-20/h2-7,16H,1,8-15H2. The molecule has 1 amide bonds. The molecule has 2 fully saturated rings. The molecule has 3 aromatic rings. The van der Waals surface area contributed by atoms with Crippen LogP contribution in [0.5, 0.6) is 0 Å². The average molecular weight is 424 g/mol. The predicted molar refractivity (Wildman–Crippen MR) is 113 cm³/mol. The first-order valence-corrected chi connectivity index (χ1v) is 10.8. The zero-order chi connectivity index (χ0) is 21.2. The monoisotopic (exact) mass is 424 g/mol. The predicted octanol–water partition coefficient (Wildman–Crippen LogP) is 1.61. The Bertz CT molecular complexity index is 1050. The summed E-state index contributed by atoms with van der Waals surface area (Å²) in [5.41, 5.74) is 1.63. The molecule has 2 aromatic heterocycles. The summed E-state index contributed by atoms with van der Waals surface area (Å²) < 4.78 is 14.6. The fraction of sp³-hybridized carbons (Fsp3) is 0.476. The number of benzene rings is 1. The number of aromatic nitrogens is 5. The highest BCUT2D eigenvalue weighted by Crippen LogP contribution is 2.24. The molecule has 1 aromatic carbocycles. The second kappa shape index (κ2) is 8.44. The third-order valence-electron chi connectivity index (χ3n) is 6.22. The van der Waals surface area contributed by atoms with E-state index in [1.54, 1.807) is 0 Å². The maximum absolute atomic E-state index is 13.2. The van der Waals surface area contributed by atoms with E-state index in [1.165, 1.54) is 16.8 Å². The van der Waals surface area contributed by atoms with Gasteiger partial charge in [0.2, 0.25) is 5.91 Å². The molecular formula is C21H25FN8O. The Morgan fingerprint density at radius 2 is 1.71 bits per heavy atom. The molecule has 2 aliphatic rings. The fourth-order valence-corrected chi connectivity index (χ4v) is 4.47. The molecule has 0 spiro atoms. The van der Waals surface area contributed by atoms with Crippen molar-refractivity contribution in [1.82, 2.24) is 30.2 Å².